The Kier molecular flexibility index (Phi) is 4.70. The topological polar surface area (TPSA) is 54.0 Å². The summed E-state index contributed by atoms with van der Waals surface area (Å²) >= 11 is 0. The molecule has 2 rings (SSSR count). The van der Waals surface area contributed by atoms with E-state index in [1.165, 1.54) is 19.3 Å². The van der Waals surface area contributed by atoms with Gasteiger partial charge in [0.25, 0.3) is 0 Å². The Labute approximate surface area is 108 Å². The summed E-state index contributed by atoms with van der Waals surface area (Å²) in [7, 11) is 0. The first kappa shape index (κ1) is 13.0. The highest BCUT2D eigenvalue weighted by Crippen LogP contribution is 2.13. The van der Waals surface area contributed by atoms with Crippen LogP contribution in [-0.2, 0) is 4.79 Å². The summed E-state index contributed by atoms with van der Waals surface area (Å²) in [4.78, 5) is 15.9. The Morgan fingerprint density at radius 1 is 1.56 bits per heavy atom. The van der Waals surface area contributed by atoms with Crippen molar-refractivity contribution in [1.82, 2.24) is 10.3 Å². The smallest absolute Gasteiger partial charge is 0.224 e. The first-order valence-corrected chi connectivity index (χ1v) is 6.70. The van der Waals surface area contributed by atoms with Crippen LogP contribution in [0, 0.1) is 6.92 Å². The van der Waals surface area contributed by atoms with Crippen LogP contribution in [0.15, 0.2) is 18.3 Å². The molecule has 1 aromatic heterocycles. The quantitative estimate of drug-likeness (QED) is 0.858. The number of hydrogen-bond donors (Lipinski definition) is 2. The third-order valence-corrected chi connectivity index (χ3v) is 3.31. The minimum atomic E-state index is 0.0907. The molecule has 1 atom stereocenters. The number of aromatic nitrogens is 1. The van der Waals surface area contributed by atoms with E-state index in [0.717, 1.165) is 24.3 Å². The predicted octanol–water partition coefficient (Wildman–Crippen LogP) is 2.25. The lowest BCUT2D eigenvalue weighted by atomic mass is 10.0. The van der Waals surface area contributed by atoms with Crippen LogP contribution in [0.3, 0.4) is 0 Å². The van der Waals surface area contributed by atoms with Gasteiger partial charge in [0.05, 0.1) is 0 Å². The molecule has 4 nitrogen and oxygen atoms in total. The molecule has 1 amide bonds. The van der Waals surface area contributed by atoms with Gasteiger partial charge in [-0.2, -0.15) is 0 Å². The molecule has 0 aromatic carbocycles. The number of hydrogen-bond acceptors (Lipinski definition) is 3. The van der Waals surface area contributed by atoms with Gasteiger partial charge in [0, 0.05) is 30.0 Å². The van der Waals surface area contributed by atoms with Crippen molar-refractivity contribution in [2.45, 2.75) is 45.1 Å². The van der Waals surface area contributed by atoms with Crippen molar-refractivity contribution in [2.24, 2.45) is 0 Å². The molecule has 0 bridgehead atoms. The summed E-state index contributed by atoms with van der Waals surface area (Å²) in [5.74, 6) is 0.0907. The molecule has 1 aliphatic heterocycles. The minimum absolute atomic E-state index is 0.0907. The van der Waals surface area contributed by atoms with Crippen molar-refractivity contribution in [3.63, 3.8) is 0 Å². The fraction of sp³-hybridized carbons (Fsp3) is 0.571. The summed E-state index contributed by atoms with van der Waals surface area (Å²) in [5.41, 5.74) is 1.76. The van der Waals surface area contributed by atoms with Crippen molar-refractivity contribution in [3.05, 3.63) is 24.0 Å². The summed E-state index contributed by atoms with van der Waals surface area (Å²) in [6.07, 6.45) is 6.96. The van der Waals surface area contributed by atoms with E-state index in [0.29, 0.717) is 12.5 Å². The number of rotatable bonds is 4. The SMILES string of the molecule is Cc1cc(NC(=O)CCC2CCCCN2)ccn1. The van der Waals surface area contributed by atoms with Crippen molar-refractivity contribution in [3.8, 4) is 0 Å². The van der Waals surface area contributed by atoms with Gasteiger partial charge in [0.2, 0.25) is 5.91 Å². The lowest BCUT2D eigenvalue weighted by molar-refractivity contribution is -0.116. The number of amides is 1. The van der Waals surface area contributed by atoms with E-state index in [2.05, 4.69) is 15.6 Å². The number of piperidine rings is 1. The Morgan fingerprint density at radius 3 is 3.17 bits per heavy atom. The van der Waals surface area contributed by atoms with Crippen LogP contribution in [0.2, 0.25) is 0 Å². The lowest BCUT2D eigenvalue weighted by Crippen LogP contribution is -2.34. The van der Waals surface area contributed by atoms with Gasteiger partial charge in [-0.15, -0.1) is 0 Å². The monoisotopic (exact) mass is 247 g/mol. The van der Waals surface area contributed by atoms with Gasteiger partial charge in [-0.05, 0) is 44.9 Å². The van der Waals surface area contributed by atoms with Crippen molar-refractivity contribution in [1.29, 1.82) is 0 Å². The van der Waals surface area contributed by atoms with E-state index in [1.54, 1.807) is 6.20 Å². The highest BCUT2D eigenvalue weighted by Gasteiger charge is 2.13. The second-order valence-electron chi connectivity index (χ2n) is 4.92. The zero-order chi connectivity index (χ0) is 12.8. The second kappa shape index (κ2) is 6.50. The van der Waals surface area contributed by atoms with Crippen LogP contribution in [0.4, 0.5) is 5.69 Å². The molecule has 1 aliphatic rings. The van der Waals surface area contributed by atoms with Crippen molar-refractivity contribution < 1.29 is 4.79 Å². The van der Waals surface area contributed by atoms with Gasteiger partial charge in [0.1, 0.15) is 0 Å². The van der Waals surface area contributed by atoms with E-state index in [9.17, 15) is 4.79 Å². The van der Waals surface area contributed by atoms with Crippen LogP contribution in [0.25, 0.3) is 0 Å². The fourth-order valence-corrected chi connectivity index (χ4v) is 2.32. The summed E-state index contributed by atoms with van der Waals surface area (Å²) < 4.78 is 0. The molecule has 18 heavy (non-hydrogen) atoms. The summed E-state index contributed by atoms with van der Waals surface area (Å²) in [6, 6.07) is 4.23. The Morgan fingerprint density at radius 2 is 2.44 bits per heavy atom. The molecule has 4 heteroatoms. The molecular weight excluding hydrogens is 226 g/mol. The Balaban J connectivity index is 1.74. The largest absolute Gasteiger partial charge is 0.326 e. The van der Waals surface area contributed by atoms with Crippen LogP contribution < -0.4 is 10.6 Å². The summed E-state index contributed by atoms with van der Waals surface area (Å²) in [5, 5.41) is 6.37. The molecule has 1 unspecified atom stereocenters. The van der Waals surface area contributed by atoms with Crippen LogP contribution in [0.5, 0.6) is 0 Å². The zero-order valence-electron chi connectivity index (χ0n) is 10.9. The molecule has 1 aromatic rings. The van der Waals surface area contributed by atoms with Crippen LogP contribution in [-0.4, -0.2) is 23.5 Å². The molecule has 0 aliphatic carbocycles. The van der Waals surface area contributed by atoms with Gasteiger partial charge in [-0.25, -0.2) is 0 Å². The van der Waals surface area contributed by atoms with E-state index >= 15 is 0 Å². The first-order chi connectivity index (χ1) is 8.74. The molecule has 0 saturated carbocycles. The van der Waals surface area contributed by atoms with Gasteiger partial charge < -0.3 is 10.6 Å². The maximum Gasteiger partial charge on any atom is 0.224 e. The average Bonchev–Trinajstić information content (AvgIpc) is 2.38. The van der Waals surface area contributed by atoms with Gasteiger partial charge in [-0.3, -0.25) is 9.78 Å². The zero-order valence-corrected chi connectivity index (χ0v) is 10.9. The maximum atomic E-state index is 11.8. The van der Waals surface area contributed by atoms with Crippen molar-refractivity contribution >= 4 is 11.6 Å². The van der Waals surface area contributed by atoms with Crippen LogP contribution in [0.1, 0.15) is 37.8 Å². The highest BCUT2D eigenvalue weighted by atomic mass is 16.1. The molecule has 0 spiro atoms. The second-order valence-corrected chi connectivity index (χ2v) is 4.92. The Hall–Kier alpha value is -1.42. The number of nitrogens with zero attached hydrogens (tertiary/aromatic N) is 1. The number of carbonyl (C=O) groups is 1. The molecule has 1 fully saturated rings. The Bertz CT molecular complexity index is 400. The number of nitrogens with one attached hydrogen (secondary N) is 2. The van der Waals surface area contributed by atoms with E-state index in [-0.39, 0.29) is 5.91 Å². The third-order valence-electron chi connectivity index (χ3n) is 3.31. The van der Waals surface area contributed by atoms with Gasteiger partial charge in [-0.1, -0.05) is 6.42 Å². The maximum absolute atomic E-state index is 11.8. The number of anilines is 1. The molecule has 2 heterocycles. The highest BCUT2D eigenvalue weighted by molar-refractivity contribution is 5.90. The fourth-order valence-electron chi connectivity index (χ4n) is 2.32. The standard InChI is InChI=1S/C14H21N3O/c1-11-10-13(7-9-15-11)17-14(18)6-5-12-4-2-3-8-16-12/h7,9-10,12,16H,2-6,8H2,1H3,(H,15,17,18). The van der Waals surface area contributed by atoms with E-state index in [4.69, 9.17) is 0 Å². The van der Waals surface area contributed by atoms with E-state index in [1.807, 2.05) is 19.1 Å². The minimum Gasteiger partial charge on any atom is -0.326 e. The third kappa shape index (κ3) is 4.11. The van der Waals surface area contributed by atoms with Gasteiger partial charge in [0.15, 0.2) is 0 Å². The number of aryl methyl sites for hydroxylation is 1. The number of pyridine rings is 1. The van der Waals surface area contributed by atoms with Crippen LogP contribution >= 0.6 is 0 Å². The normalized spacial score (nSPS) is 19.5. The first-order valence-electron chi connectivity index (χ1n) is 6.70. The average molecular weight is 247 g/mol. The molecule has 1 saturated heterocycles. The molecule has 2 N–H and O–H groups in total. The molecule has 98 valence electrons. The number of carbonyl (C=O) groups excluding carboxylic acids is 1. The van der Waals surface area contributed by atoms with Crippen molar-refractivity contribution in [2.75, 3.05) is 11.9 Å². The lowest BCUT2D eigenvalue weighted by Gasteiger charge is -2.23. The predicted molar refractivity (Wildman–Crippen MR) is 72.5 cm³/mol. The molecular formula is C14H21N3O. The summed E-state index contributed by atoms with van der Waals surface area (Å²) in [6.45, 7) is 3.01. The van der Waals surface area contributed by atoms with Gasteiger partial charge >= 0.3 is 0 Å². The molecule has 0 radical (unpaired) electrons. The van der Waals surface area contributed by atoms with E-state index < -0.39 is 0 Å².